The third kappa shape index (κ3) is 2.63. The van der Waals surface area contributed by atoms with Gasteiger partial charge in [0.15, 0.2) is 6.39 Å². The Hall–Kier alpha value is -2.30. The van der Waals surface area contributed by atoms with Crippen LogP contribution in [-0.4, -0.2) is 16.1 Å². The van der Waals surface area contributed by atoms with Crippen molar-refractivity contribution in [2.75, 3.05) is 5.32 Å². The van der Waals surface area contributed by atoms with E-state index in [9.17, 15) is 4.79 Å². The molecule has 0 saturated carbocycles. The number of hydrogen-bond acceptors (Lipinski definition) is 4. The second kappa shape index (κ2) is 4.69. The summed E-state index contributed by atoms with van der Waals surface area (Å²) in [6, 6.07) is 4.96. The number of aryl methyl sites for hydroxylation is 1. The van der Waals surface area contributed by atoms with E-state index in [2.05, 4.69) is 10.3 Å². The second-order valence-electron chi connectivity index (χ2n) is 3.66. The molecular formula is C12H12N2O3. The van der Waals surface area contributed by atoms with Crippen LogP contribution in [0.3, 0.4) is 0 Å². The maximum atomic E-state index is 10.8. The van der Waals surface area contributed by atoms with Crippen LogP contribution in [0.1, 0.15) is 21.7 Å². The van der Waals surface area contributed by atoms with E-state index >= 15 is 0 Å². The van der Waals surface area contributed by atoms with Gasteiger partial charge in [0.25, 0.3) is 0 Å². The minimum atomic E-state index is -0.937. The van der Waals surface area contributed by atoms with Crippen LogP contribution in [0.15, 0.2) is 35.2 Å². The van der Waals surface area contributed by atoms with Crippen molar-refractivity contribution in [3.05, 3.63) is 47.7 Å². The molecule has 0 saturated heterocycles. The average Bonchev–Trinajstić information content (AvgIpc) is 2.80. The van der Waals surface area contributed by atoms with E-state index < -0.39 is 5.97 Å². The van der Waals surface area contributed by atoms with Crippen molar-refractivity contribution in [2.45, 2.75) is 13.5 Å². The fraction of sp³-hybridized carbons (Fsp3) is 0.167. The van der Waals surface area contributed by atoms with Gasteiger partial charge in [-0.2, -0.15) is 0 Å². The summed E-state index contributed by atoms with van der Waals surface area (Å²) in [6.45, 7) is 2.39. The van der Waals surface area contributed by atoms with E-state index in [-0.39, 0.29) is 5.56 Å². The molecule has 88 valence electrons. The summed E-state index contributed by atoms with van der Waals surface area (Å²) in [6.07, 6.45) is 2.97. The quantitative estimate of drug-likeness (QED) is 0.845. The molecule has 17 heavy (non-hydrogen) atoms. The summed E-state index contributed by atoms with van der Waals surface area (Å²) in [7, 11) is 0. The van der Waals surface area contributed by atoms with E-state index in [1.165, 1.54) is 6.39 Å². The molecule has 0 aliphatic heterocycles. The molecule has 1 heterocycles. The number of benzene rings is 1. The highest BCUT2D eigenvalue weighted by Crippen LogP contribution is 2.17. The number of carboxylic acids is 1. The SMILES string of the molecule is Cc1ccc(C(=O)O)cc1NCc1cnco1. The number of hydrogen-bond donors (Lipinski definition) is 2. The molecule has 2 rings (SSSR count). The van der Waals surface area contributed by atoms with Gasteiger partial charge >= 0.3 is 5.97 Å². The fourth-order valence-corrected chi connectivity index (χ4v) is 1.46. The normalized spacial score (nSPS) is 10.2. The number of anilines is 1. The van der Waals surface area contributed by atoms with Crippen LogP contribution in [0.4, 0.5) is 5.69 Å². The van der Waals surface area contributed by atoms with E-state index in [4.69, 9.17) is 9.52 Å². The van der Waals surface area contributed by atoms with Crippen LogP contribution in [0.5, 0.6) is 0 Å². The third-order valence-corrected chi connectivity index (χ3v) is 2.42. The lowest BCUT2D eigenvalue weighted by molar-refractivity contribution is 0.0697. The molecule has 1 aromatic heterocycles. The molecule has 0 unspecified atom stereocenters. The van der Waals surface area contributed by atoms with Crippen LogP contribution in [0, 0.1) is 6.92 Å². The van der Waals surface area contributed by atoms with E-state index in [0.29, 0.717) is 12.3 Å². The number of aromatic nitrogens is 1. The molecule has 0 atom stereocenters. The van der Waals surface area contributed by atoms with E-state index in [0.717, 1.165) is 11.3 Å². The number of rotatable bonds is 4. The average molecular weight is 232 g/mol. The number of aromatic carboxylic acids is 1. The molecule has 0 bridgehead atoms. The highest BCUT2D eigenvalue weighted by Gasteiger charge is 2.06. The largest absolute Gasteiger partial charge is 0.478 e. The number of oxazole rings is 1. The second-order valence-corrected chi connectivity index (χ2v) is 3.66. The van der Waals surface area contributed by atoms with Crippen LogP contribution in [0.2, 0.25) is 0 Å². The van der Waals surface area contributed by atoms with Crippen LogP contribution >= 0.6 is 0 Å². The van der Waals surface area contributed by atoms with Crippen LogP contribution in [0.25, 0.3) is 0 Å². The number of carbonyl (C=O) groups is 1. The smallest absolute Gasteiger partial charge is 0.335 e. The molecule has 2 N–H and O–H groups in total. The Morgan fingerprint density at radius 3 is 3.00 bits per heavy atom. The Balaban J connectivity index is 2.14. The standard InChI is InChI=1S/C12H12N2O3/c1-8-2-3-9(12(15)16)4-11(8)14-6-10-5-13-7-17-10/h2-5,7,14H,6H2,1H3,(H,15,16). The topological polar surface area (TPSA) is 75.4 Å². The molecule has 5 nitrogen and oxygen atoms in total. The summed E-state index contributed by atoms with van der Waals surface area (Å²) in [5.74, 6) is -0.238. The van der Waals surface area contributed by atoms with Crippen molar-refractivity contribution in [1.82, 2.24) is 4.98 Å². The lowest BCUT2D eigenvalue weighted by Gasteiger charge is -2.08. The zero-order valence-electron chi connectivity index (χ0n) is 9.30. The summed E-state index contributed by atoms with van der Waals surface area (Å²) in [4.78, 5) is 14.6. The van der Waals surface area contributed by atoms with Gasteiger partial charge in [-0.05, 0) is 24.6 Å². The zero-order chi connectivity index (χ0) is 12.3. The highest BCUT2D eigenvalue weighted by atomic mass is 16.4. The van der Waals surface area contributed by atoms with Gasteiger partial charge in [0.1, 0.15) is 5.76 Å². The van der Waals surface area contributed by atoms with Crippen molar-refractivity contribution in [1.29, 1.82) is 0 Å². The Morgan fingerprint density at radius 1 is 1.53 bits per heavy atom. The molecule has 1 aromatic carbocycles. The molecule has 5 heteroatoms. The summed E-state index contributed by atoms with van der Waals surface area (Å²) < 4.78 is 5.08. The first kappa shape index (κ1) is 11.2. The van der Waals surface area contributed by atoms with Crippen molar-refractivity contribution in [3.63, 3.8) is 0 Å². The van der Waals surface area contributed by atoms with Gasteiger partial charge in [0.05, 0.1) is 18.3 Å². The molecule has 0 fully saturated rings. The van der Waals surface area contributed by atoms with E-state index in [1.54, 1.807) is 24.4 Å². The van der Waals surface area contributed by atoms with E-state index in [1.807, 2.05) is 6.92 Å². The molecule has 0 aliphatic rings. The number of nitrogens with zero attached hydrogens (tertiary/aromatic N) is 1. The van der Waals surface area contributed by atoms with Crippen molar-refractivity contribution in [3.8, 4) is 0 Å². The predicted molar refractivity (Wildman–Crippen MR) is 62.0 cm³/mol. The Morgan fingerprint density at radius 2 is 2.35 bits per heavy atom. The highest BCUT2D eigenvalue weighted by molar-refractivity contribution is 5.89. The van der Waals surface area contributed by atoms with Crippen molar-refractivity contribution in [2.24, 2.45) is 0 Å². The maximum Gasteiger partial charge on any atom is 0.335 e. The van der Waals surface area contributed by atoms with Crippen molar-refractivity contribution >= 4 is 11.7 Å². The minimum Gasteiger partial charge on any atom is -0.478 e. The van der Waals surface area contributed by atoms with Crippen LogP contribution in [-0.2, 0) is 6.54 Å². The van der Waals surface area contributed by atoms with Gasteiger partial charge in [-0.3, -0.25) is 0 Å². The summed E-state index contributed by atoms with van der Waals surface area (Å²) in [5, 5.41) is 12.0. The van der Waals surface area contributed by atoms with Crippen LogP contribution < -0.4 is 5.32 Å². The third-order valence-electron chi connectivity index (χ3n) is 2.42. The van der Waals surface area contributed by atoms with Crippen molar-refractivity contribution < 1.29 is 14.3 Å². The lowest BCUT2D eigenvalue weighted by atomic mass is 10.1. The molecule has 0 amide bonds. The van der Waals surface area contributed by atoms with Gasteiger partial charge in [-0.1, -0.05) is 6.07 Å². The predicted octanol–water partition coefficient (Wildman–Crippen LogP) is 2.29. The summed E-state index contributed by atoms with van der Waals surface area (Å²) in [5.41, 5.74) is 2.02. The Kier molecular flexibility index (Phi) is 3.09. The molecular weight excluding hydrogens is 220 g/mol. The maximum absolute atomic E-state index is 10.8. The van der Waals surface area contributed by atoms with Gasteiger partial charge in [0, 0.05) is 5.69 Å². The number of nitrogens with one attached hydrogen (secondary N) is 1. The van der Waals surface area contributed by atoms with Gasteiger partial charge in [-0.15, -0.1) is 0 Å². The molecule has 2 aromatic rings. The fourth-order valence-electron chi connectivity index (χ4n) is 1.46. The monoisotopic (exact) mass is 232 g/mol. The molecule has 0 aliphatic carbocycles. The van der Waals surface area contributed by atoms with Gasteiger partial charge in [-0.25, -0.2) is 9.78 Å². The molecule has 0 spiro atoms. The van der Waals surface area contributed by atoms with Gasteiger partial charge < -0.3 is 14.8 Å². The molecule has 0 radical (unpaired) electrons. The van der Waals surface area contributed by atoms with Gasteiger partial charge in [0.2, 0.25) is 0 Å². The lowest BCUT2D eigenvalue weighted by Crippen LogP contribution is -2.03. The first-order valence-electron chi connectivity index (χ1n) is 5.12. The first-order valence-corrected chi connectivity index (χ1v) is 5.12. The Bertz CT molecular complexity index is 521. The number of carboxylic acid groups (broad SMARTS) is 1. The minimum absolute atomic E-state index is 0.260. The summed E-state index contributed by atoms with van der Waals surface area (Å²) >= 11 is 0. The zero-order valence-corrected chi connectivity index (χ0v) is 9.30. The Labute approximate surface area is 98.1 Å². The first-order chi connectivity index (χ1) is 8.16.